The number of hydroxylamine groups is 2. The second-order valence-electron chi connectivity index (χ2n) is 3.63. The molecule has 1 aliphatic heterocycles. The number of benzene rings is 1. The summed E-state index contributed by atoms with van der Waals surface area (Å²) >= 11 is 0. The molecular formula is C12H14N2O3. The zero-order valence-corrected chi connectivity index (χ0v) is 9.55. The number of nitrogens with zero attached hydrogens (tertiary/aromatic N) is 1. The molecule has 0 radical (unpaired) electrons. The van der Waals surface area contributed by atoms with Crippen LogP contribution < -0.4 is 10.5 Å². The summed E-state index contributed by atoms with van der Waals surface area (Å²) in [5.41, 5.74) is 7.21. The summed E-state index contributed by atoms with van der Waals surface area (Å²) in [6.45, 7) is 0.714. The van der Waals surface area contributed by atoms with Crippen LogP contribution in [0.1, 0.15) is 5.56 Å². The Morgan fingerprint density at radius 3 is 2.71 bits per heavy atom. The number of nitrogens with two attached hydrogens (primary N) is 1. The van der Waals surface area contributed by atoms with Gasteiger partial charge in [0.2, 0.25) is 0 Å². The molecule has 0 atom stereocenters. The molecule has 0 bridgehead atoms. The van der Waals surface area contributed by atoms with Crippen molar-refractivity contribution >= 4 is 11.6 Å². The fraction of sp³-hybridized carbons (Fsp3) is 0.250. The van der Waals surface area contributed by atoms with E-state index in [9.17, 15) is 4.79 Å². The molecule has 1 aromatic rings. The minimum atomic E-state index is -0.580. The largest absolute Gasteiger partial charge is 0.497 e. The summed E-state index contributed by atoms with van der Waals surface area (Å²) in [6, 6.07) is 7.05. The molecule has 5 nitrogen and oxygen atoms in total. The van der Waals surface area contributed by atoms with Crippen LogP contribution in [0.4, 0.5) is 4.79 Å². The number of rotatable bonds is 2. The van der Waals surface area contributed by atoms with Crippen molar-refractivity contribution in [3.63, 3.8) is 0 Å². The molecule has 90 valence electrons. The molecule has 2 rings (SSSR count). The van der Waals surface area contributed by atoms with Crippen molar-refractivity contribution < 1.29 is 14.4 Å². The Labute approximate surface area is 99.4 Å². The standard InChI is InChI=1S/C12H14N2O3/c1-16-11-4-2-9(3-5-11)10-6-7-17-14(8-10)12(13)15/h2-6H,7-8H2,1H3,(H2,13,15). The van der Waals surface area contributed by atoms with Gasteiger partial charge in [-0.1, -0.05) is 18.2 Å². The van der Waals surface area contributed by atoms with Crippen LogP contribution in [0.2, 0.25) is 0 Å². The monoisotopic (exact) mass is 234 g/mol. The lowest BCUT2D eigenvalue weighted by atomic mass is 10.0. The van der Waals surface area contributed by atoms with Crippen LogP contribution >= 0.6 is 0 Å². The molecule has 1 heterocycles. The maximum absolute atomic E-state index is 11.0. The van der Waals surface area contributed by atoms with E-state index < -0.39 is 6.03 Å². The van der Waals surface area contributed by atoms with Gasteiger partial charge >= 0.3 is 6.03 Å². The summed E-state index contributed by atoms with van der Waals surface area (Å²) in [5, 5.41) is 1.15. The van der Waals surface area contributed by atoms with Gasteiger partial charge in [-0.2, -0.15) is 5.06 Å². The summed E-state index contributed by atoms with van der Waals surface area (Å²) in [4.78, 5) is 16.1. The van der Waals surface area contributed by atoms with Crippen LogP contribution in [0, 0.1) is 0 Å². The van der Waals surface area contributed by atoms with Gasteiger partial charge in [0.25, 0.3) is 0 Å². The lowest BCUT2D eigenvalue weighted by molar-refractivity contribution is -0.0978. The molecule has 0 fully saturated rings. The van der Waals surface area contributed by atoms with Gasteiger partial charge in [-0.25, -0.2) is 4.79 Å². The Morgan fingerprint density at radius 2 is 2.12 bits per heavy atom. The molecule has 1 aliphatic rings. The number of hydrogen-bond donors (Lipinski definition) is 1. The summed E-state index contributed by atoms with van der Waals surface area (Å²) in [7, 11) is 1.62. The lowest BCUT2D eigenvalue weighted by Gasteiger charge is -2.25. The van der Waals surface area contributed by atoms with Gasteiger partial charge in [0, 0.05) is 0 Å². The van der Waals surface area contributed by atoms with E-state index in [0.717, 1.165) is 21.9 Å². The second-order valence-corrected chi connectivity index (χ2v) is 3.63. The zero-order chi connectivity index (χ0) is 12.3. The highest BCUT2D eigenvalue weighted by molar-refractivity contribution is 5.76. The van der Waals surface area contributed by atoms with Crippen LogP contribution in [-0.2, 0) is 4.84 Å². The van der Waals surface area contributed by atoms with Gasteiger partial charge in [-0.15, -0.1) is 0 Å². The van der Waals surface area contributed by atoms with Gasteiger partial charge in [-0.3, -0.25) is 4.84 Å². The van der Waals surface area contributed by atoms with E-state index in [1.165, 1.54) is 0 Å². The third-order valence-corrected chi connectivity index (χ3v) is 2.58. The van der Waals surface area contributed by atoms with Gasteiger partial charge in [0.15, 0.2) is 0 Å². The molecule has 5 heteroatoms. The summed E-state index contributed by atoms with van der Waals surface area (Å²) < 4.78 is 5.09. The Bertz CT molecular complexity index is 440. The van der Waals surface area contributed by atoms with E-state index in [4.69, 9.17) is 15.3 Å². The number of methoxy groups -OCH3 is 1. The van der Waals surface area contributed by atoms with Crippen molar-refractivity contribution in [1.82, 2.24) is 5.06 Å². The van der Waals surface area contributed by atoms with Gasteiger partial charge < -0.3 is 10.5 Å². The maximum Gasteiger partial charge on any atom is 0.339 e. The first-order chi connectivity index (χ1) is 8.20. The highest BCUT2D eigenvalue weighted by Crippen LogP contribution is 2.21. The SMILES string of the molecule is COc1ccc(C2=CCON(C(N)=O)C2)cc1. The van der Waals surface area contributed by atoms with E-state index >= 15 is 0 Å². The third-order valence-electron chi connectivity index (χ3n) is 2.58. The third kappa shape index (κ3) is 2.57. The highest BCUT2D eigenvalue weighted by Gasteiger charge is 2.17. The Kier molecular flexibility index (Phi) is 3.30. The minimum absolute atomic E-state index is 0.351. The number of primary amides is 1. The zero-order valence-electron chi connectivity index (χ0n) is 9.55. The van der Waals surface area contributed by atoms with E-state index in [1.54, 1.807) is 7.11 Å². The van der Waals surface area contributed by atoms with E-state index in [0.29, 0.717) is 13.2 Å². The first-order valence-electron chi connectivity index (χ1n) is 5.24. The molecule has 0 saturated carbocycles. The second kappa shape index (κ2) is 4.88. The highest BCUT2D eigenvalue weighted by atomic mass is 16.7. The van der Waals surface area contributed by atoms with Crippen LogP contribution in [0.5, 0.6) is 5.75 Å². The van der Waals surface area contributed by atoms with Crippen molar-refractivity contribution in [3.05, 3.63) is 35.9 Å². The normalized spacial score (nSPS) is 15.4. The fourth-order valence-corrected chi connectivity index (χ4v) is 1.65. The molecule has 0 aromatic heterocycles. The molecule has 0 saturated heterocycles. The van der Waals surface area contributed by atoms with Gasteiger partial charge in [0.05, 0.1) is 20.3 Å². The average molecular weight is 234 g/mol. The van der Waals surface area contributed by atoms with Crippen molar-refractivity contribution in [2.45, 2.75) is 0 Å². The van der Waals surface area contributed by atoms with Crippen LogP contribution in [-0.4, -0.2) is 31.4 Å². The van der Waals surface area contributed by atoms with Gasteiger partial charge in [0.1, 0.15) is 5.75 Å². The predicted molar refractivity (Wildman–Crippen MR) is 63.2 cm³/mol. The molecule has 17 heavy (non-hydrogen) atoms. The summed E-state index contributed by atoms with van der Waals surface area (Å²) in [5.74, 6) is 0.799. The number of urea groups is 1. The topological polar surface area (TPSA) is 64.8 Å². The maximum atomic E-state index is 11.0. The van der Waals surface area contributed by atoms with E-state index in [1.807, 2.05) is 30.3 Å². The molecule has 2 amide bonds. The predicted octanol–water partition coefficient (Wildman–Crippen LogP) is 1.40. The van der Waals surface area contributed by atoms with Crippen molar-refractivity contribution in [2.75, 3.05) is 20.3 Å². The van der Waals surface area contributed by atoms with Crippen LogP contribution in [0.15, 0.2) is 30.3 Å². The first-order valence-corrected chi connectivity index (χ1v) is 5.24. The van der Waals surface area contributed by atoms with E-state index in [-0.39, 0.29) is 0 Å². The Morgan fingerprint density at radius 1 is 1.41 bits per heavy atom. The molecule has 0 unspecified atom stereocenters. The quantitative estimate of drug-likeness (QED) is 0.841. The first kappa shape index (κ1) is 11.5. The molecular weight excluding hydrogens is 220 g/mol. The number of carbonyl (C=O) groups excluding carboxylic acids is 1. The van der Waals surface area contributed by atoms with Crippen LogP contribution in [0.3, 0.4) is 0 Å². The number of carbonyl (C=O) groups is 1. The molecule has 2 N–H and O–H groups in total. The number of hydrogen-bond acceptors (Lipinski definition) is 3. The number of amides is 2. The van der Waals surface area contributed by atoms with Crippen molar-refractivity contribution in [1.29, 1.82) is 0 Å². The molecule has 0 aliphatic carbocycles. The fourth-order valence-electron chi connectivity index (χ4n) is 1.65. The van der Waals surface area contributed by atoms with E-state index in [2.05, 4.69) is 0 Å². The van der Waals surface area contributed by atoms with Crippen LogP contribution in [0.25, 0.3) is 5.57 Å². The lowest BCUT2D eigenvalue weighted by Crippen LogP contribution is -2.39. The average Bonchev–Trinajstić information content (AvgIpc) is 2.39. The smallest absolute Gasteiger partial charge is 0.339 e. The molecule has 0 spiro atoms. The van der Waals surface area contributed by atoms with Crippen molar-refractivity contribution in [3.8, 4) is 5.75 Å². The molecule has 1 aromatic carbocycles. The Hall–Kier alpha value is -2.01. The summed E-state index contributed by atoms with van der Waals surface area (Å²) in [6.07, 6.45) is 1.93. The van der Waals surface area contributed by atoms with Crippen molar-refractivity contribution in [2.24, 2.45) is 5.73 Å². The Balaban J connectivity index is 2.16. The van der Waals surface area contributed by atoms with Gasteiger partial charge in [-0.05, 0) is 23.3 Å². The minimum Gasteiger partial charge on any atom is -0.497 e. The number of ether oxygens (including phenoxy) is 1.